The standard InChI is InChI=1S/C18H19N5O3/c1-11-8-16-21-15(9-12(2)23(16)22-11)18(25)20-14-6-4-13(5-7-14)19-17(24)10-26-3/h4-9H,10H2,1-3H3,(H,19,24)(H,20,25). The number of carbonyl (C=O) groups is 2. The second kappa shape index (κ2) is 7.32. The molecule has 0 aliphatic carbocycles. The van der Waals surface area contributed by atoms with Gasteiger partial charge in [0.15, 0.2) is 5.65 Å². The van der Waals surface area contributed by atoms with Crippen molar-refractivity contribution in [3.05, 3.63) is 53.5 Å². The smallest absolute Gasteiger partial charge is 0.274 e. The van der Waals surface area contributed by atoms with Crippen LogP contribution < -0.4 is 10.6 Å². The normalized spacial score (nSPS) is 10.7. The zero-order chi connectivity index (χ0) is 18.7. The van der Waals surface area contributed by atoms with Crippen molar-refractivity contribution in [2.75, 3.05) is 24.4 Å². The molecule has 3 rings (SSSR count). The van der Waals surface area contributed by atoms with E-state index in [1.807, 2.05) is 19.9 Å². The number of rotatable bonds is 5. The van der Waals surface area contributed by atoms with E-state index >= 15 is 0 Å². The van der Waals surface area contributed by atoms with Crippen LogP contribution in [0, 0.1) is 13.8 Å². The van der Waals surface area contributed by atoms with Crippen molar-refractivity contribution in [2.24, 2.45) is 0 Å². The minimum Gasteiger partial charge on any atom is -0.375 e. The number of methoxy groups -OCH3 is 1. The Morgan fingerprint density at radius 2 is 1.73 bits per heavy atom. The summed E-state index contributed by atoms with van der Waals surface area (Å²) in [6, 6.07) is 10.3. The van der Waals surface area contributed by atoms with Gasteiger partial charge in [0, 0.05) is 30.2 Å². The van der Waals surface area contributed by atoms with E-state index in [-0.39, 0.29) is 18.4 Å². The van der Waals surface area contributed by atoms with E-state index in [2.05, 4.69) is 20.7 Å². The number of aromatic nitrogens is 3. The summed E-state index contributed by atoms with van der Waals surface area (Å²) in [6.45, 7) is 3.73. The van der Waals surface area contributed by atoms with Crippen LogP contribution in [0.3, 0.4) is 0 Å². The molecule has 2 aromatic heterocycles. The third-order valence-corrected chi connectivity index (χ3v) is 3.66. The first-order chi connectivity index (χ1) is 12.5. The second-order valence-corrected chi connectivity index (χ2v) is 5.85. The van der Waals surface area contributed by atoms with E-state index in [1.54, 1.807) is 34.8 Å². The first-order valence-corrected chi connectivity index (χ1v) is 8.00. The maximum absolute atomic E-state index is 12.5. The molecule has 0 fully saturated rings. The number of carbonyl (C=O) groups excluding carboxylic acids is 2. The van der Waals surface area contributed by atoms with E-state index in [4.69, 9.17) is 4.74 Å². The molecule has 2 amide bonds. The number of anilines is 2. The van der Waals surface area contributed by atoms with Crippen molar-refractivity contribution in [1.29, 1.82) is 0 Å². The van der Waals surface area contributed by atoms with Crippen molar-refractivity contribution in [3.8, 4) is 0 Å². The van der Waals surface area contributed by atoms with Gasteiger partial charge in [0.2, 0.25) is 5.91 Å². The van der Waals surface area contributed by atoms with Gasteiger partial charge in [0.25, 0.3) is 5.91 Å². The van der Waals surface area contributed by atoms with E-state index in [0.29, 0.717) is 22.7 Å². The Morgan fingerprint density at radius 1 is 1.08 bits per heavy atom. The molecule has 26 heavy (non-hydrogen) atoms. The van der Waals surface area contributed by atoms with Crippen LogP contribution in [-0.2, 0) is 9.53 Å². The molecule has 0 spiro atoms. The Bertz CT molecular complexity index is 963. The summed E-state index contributed by atoms with van der Waals surface area (Å²) in [7, 11) is 1.45. The van der Waals surface area contributed by atoms with Crippen LogP contribution >= 0.6 is 0 Å². The third-order valence-electron chi connectivity index (χ3n) is 3.66. The first-order valence-electron chi connectivity index (χ1n) is 8.00. The molecule has 1 aromatic carbocycles. The van der Waals surface area contributed by atoms with Crippen LogP contribution in [0.5, 0.6) is 0 Å². The molecule has 0 atom stereocenters. The van der Waals surface area contributed by atoms with Crippen LogP contribution in [-0.4, -0.2) is 40.1 Å². The van der Waals surface area contributed by atoms with Crippen molar-refractivity contribution in [3.63, 3.8) is 0 Å². The zero-order valence-electron chi connectivity index (χ0n) is 14.7. The Kier molecular flexibility index (Phi) is 4.94. The molecule has 8 nitrogen and oxygen atoms in total. The number of ether oxygens (including phenoxy) is 1. The van der Waals surface area contributed by atoms with Gasteiger partial charge in [-0.2, -0.15) is 5.10 Å². The van der Waals surface area contributed by atoms with E-state index in [9.17, 15) is 9.59 Å². The number of fused-ring (bicyclic) bond motifs is 1. The predicted molar refractivity (Wildman–Crippen MR) is 97.4 cm³/mol. The molecule has 0 radical (unpaired) electrons. The lowest BCUT2D eigenvalue weighted by Gasteiger charge is -2.08. The number of aryl methyl sites for hydroxylation is 2. The van der Waals surface area contributed by atoms with Gasteiger partial charge in [-0.3, -0.25) is 9.59 Å². The van der Waals surface area contributed by atoms with E-state index in [0.717, 1.165) is 11.4 Å². The fourth-order valence-corrected chi connectivity index (χ4v) is 2.52. The second-order valence-electron chi connectivity index (χ2n) is 5.85. The molecule has 8 heteroatoms. The summed E-state index contributed by atoms with van der Waals surface area (Å²) in [4.78, 5) is 28.3. The Balaban J connectivity index is 1.72. The highest BCUT2D eigenvalue weighted by Gasteiger charge is 2.12. The highest BCUT2D eigenvalue weighted by atomic mass is 16.5. The average molecular weight is 353 g/mol. The molecule has 0 aliphatic heterocycles. The van der Waals surface area contributed by atoms with Crippen molar-refractivity contribution in [1.82, 2.24) is 14.6 Å². The molecule has 2 heterocycles. The highest BCUT2D eigenvalue weighted by Crippen LogP contribution is 2.15. The fourth-order valence-electron chi connectivity index (χ4n) is 2.52. The van der Waals surface area contributed by atoms with Crippen molar-refractivity contribution in [2.45, 2.75) is 13.8 Å². The summed E-state index contributed by atoms with van der Waals surface area (Å²) in [5.74, 6) is -0.556. The SMILES string of the molecule is COCC(=O)Nc1ccc(NC(=O)c2cc(C)n3nc(C)cc3n2)cc1. The Hall–Kier alpha value is -3.26. The minimum absolute atomic E-state index is 0.0138. The predicted octanol–water partition coefficient (Wildman–Crippen LogP) is 2.18. The van der Waals surface area contributed by atoms with Gasteiger partial charge in [-0.15, -0.1) is 0 Å². The number of hydrogen-bond acceptors (Lipinski definition) is 5. The number of nitrogens with zero attached hydrogens (tertiary/aromatic N) is 3. The molecule has 0 unspecified atom stereocenters. The molecule has 3 aromatic rings. The van der Waals surface area contributed by atoms with Gasteiger partial charge in [0.1, 0.15) is 12.3 Å². The van der Waals surface area contributed by atoms with Gasteiger partial charge in [-0.1, -0.05) is 0 Å². The molecule has 0 saturated heterocycles. The van der Waals surface area contributed by atoms with Crippen LogP contribution in [0.15, 0.2) is 36.4 Å². The Labute approximate surface area is 150 Å². The van der Waals surface area contributed by atoms with Crippen LogP contribution in [0.1, 0.15) is 21.9 Å². The molecular weight excluding hydrogens is 334 g/mol. The lowest BCUT2D eigenvalue weighted by atomic mass is 10.2. The third kappa shape index (κ3) is 3.86. The molecule has 0 bridgehead atoms. The van der Waals surface area contributed by atoms with Gasteiger partial charge >= 0.3 is 0 Å². The number of nitrogens with one attached hydrogen (secondary N) is 2. The number of hydrogen-bond donors (Lipinski definition) is 2. The molecule has 0 saturated carbocycles. The summed E-state index contributed by atoms with van der Waals surface area (Å²) < 4.78 is 6.46. The first kappa shape index (κ1) is 17.6. The summed E-state index contributed by atoms with van der Waals surface area (Å²) in [5, 5.41) is 9.80. The van der Waals surface area contributed by atoms with Gasteiger partial charge in [-0.05, 0) is 44.2 Å². The maximum Gasteiger partial charge on any atom is 0.274 e. The lowest BCUT2D eigenvalue weighted by molar-refractivity contribution is -0.119. The number of benzene rings is 1. The maximum atomic E-state index is 12.5. The highest BCUT2D eigenvalue weighted by molar-refractivity contribution is 6.03. The van der Waals surface area contributed by atoms with Crippen molar-refractivity contribution >= 4 is 28.8 Å². The van der Waals surface area contributed by atoms with E-state index in [1.165, 1.54) is 7.11 Å². The molecule has 0 aliphatic rings. The van der Waals surface area contributed by atoms with Gasteiger partial charge < -0.3 is 15.4 Å². The minimum atomic E-state index is -0.314. The average Bonchev–Trinajstić information content (AvgIpc) is 2.98. The Morgan fingerprint density at radius 3 is 2.38 bits per heavy atom. The largest absolute Gasteiger partial charge is 0.375 e. The molecule has 134 valence electrons. The molecule has 2 N–H and O–H groups in total. The van der Waals surface area contributed by atoms with Gasteiger partial charge in [0.05, 0.1) is 5.69 Å². The monoisotopic (exact) mass is 353 g/mol. The summed E-state index contributed by atoms with van der Waals surface area (Å²) in [6.07, 6.45) is 0. The number of amides is 2. The van der Waals surface area contributed by atoms with E-state index < -0.39 is 0 Å². The van der Waals surface area contributed by atoms with Crippen LogP contribution in [0.4, 0.5) is 11.4 Å². The van der Waals surface area contributed by atoms with Crippen molar-refractivity contribution < 1.29 is 14.3 Å². The van der Waals surface area contributed by atoms with Crippen LogP contribution in [0.25, 0.3) is 5.65 Å². The molecular formula is C18H19N5O3. The quantitative estimate of drug-likeness (QED) is 0.733. The van der Waals surface area contributed by atoms with Gasteiger partial charge in [-0.25, -0.2) is 9.50 Å². The lowest BCUT2D eigenvalue weighted by Crippen LogP contribution is -2.17. The zero-order valence-corrected chi connectivity index (χ0v) is 14.7. The summed E-state index contributed by atoms with van der Waals surface area (Å²) >= 11 is 0. The topological polar surface area (TPSA) is 97.6 Å². The fraction of sp³-hybridized carbons (Fsp3) is 0.222. The summed E-state index contributed by atoms with van der Waals surface area (Å²) in [5.41, 5.74) is 3.82. The van der Waals surface area contributed by atoms with Crippen LogP contribution in [0.2, 0.25) is 0 Å².